The van der Waals surface area contributed by atoms with Gasteiger partial charge in [-0.1, -0.05) is 42.0 Å². The molecule has 1 aromatic heterocycles. The number of carbonyl (C=O) groups excluding carboxylic acids is 2. The number of rotatable bonds is 3. The van der Waals surface area contributed by atoms with Crippen LogP contribution in [0.3, 0.4) is 0 Å². The first-order chi connectivity index (χ1) is 13.9. The molecule has 1 aliphatic rings. The van der Waals surface area contributed by atoms with E-state index in [4.69, 9.17) is 15.5 Å². The van der Waals surface area contributed by atoms with E-state index < -0.39 is 12.0 Å². The van der Waals surface area contributed by atoms with E-state index >= 15 is 0 Å². The summed E-state index contributed by atoms with van der Waals surface area (Å²) in [5.74, 6) is -0.706. The van der Waals surface area contributed by atoms with Crippen LogP contribution in [0.15, 0.2) is 48.5 Å². The fraction of sp³-hybridized carbons (Fsp3) is 0.261. The van der Waals surface area contributed by atoms with Gasteiger partial charge in [0.25, 0.3) is 5.91 Å². The van der Waals surface area contributed by atoms with E-state index in [1.54, 1.807) is 4.90 Å². The van der Waals surface area contributed by atoms with Crippen LogP contribution in [-0.2, 0) is 9.53 Å². The summed E-state index contributed by atoms with van der Waals surface area (Å²) in [7, 11) is 0. The number of pyridine rings is 1. The summed E-state index contributed by atoms with van der Waals surface area (Å²) in [5.41, 5.74) is 10.7. The van der Waals surface area contributed by atoms with Crippen molar-refractivity contribution in [3.8, 4) is 11.3 Å². The summed E-state index contributed by atoms with van der Waals surface area (Å²) in [6.07, 6.45) is -0.778. The minimum atomic E-state index is -0.778. The monoisotopic (exact) mass is 389 g/mol. The van der Waals surface area contributed by atoms with Crippen molar-refractivity contribution in [2.24, 2.45) is 5.73 Å². The number of aromatic nitrogens is 1. The smallest absolute Gasteiger partial charge is 0.254 e. The van der Waals surface area contributed by atoms with Gasteiger partial charge >= 0.3 is 0 Å². The quantitative estimate of drug-likeness (QED) is 0.746. The summed E-state index contributed by atoms with van der Waals surface area (Å²) in [5, 5.41) is 0.785. The molecule has 3 aromatic rings. The van der Waals surface area contributed by atoms with Gasteiger partial charge in [0.15, 0.2) is 6.10 Å². The maximum atomic E-state index is 13.4. The first kappa shape index (κ1) is 19.1. The molecule has 0 bridgehead atoms. The highest BCUT2D eigenvalue weighted by atomic mass is 16.5. The third-order valence-corrected chi connectivity index (χ3v) is 5.28. The highest BCUT2D eigenvalue weighted by molar-refractivity contribution is 6.07. The molecule has 0 radical (unpaired) electrons. The third kappa shape index (κ3) is 3.71. The number of ether oxygens (including phenoxy) is 1. The lowest BCUT2D eigenvalue weighted by Gasteiger charge is -2.31. The second-order valence-electron chi connectivity index (χ2n) is 7.40. The standard InChI is InChI=1S/C23H23N3O3/c1-14-7-8-16(15(2)11-14)20-12-18(17-5-3-4-6-19(17)25-20)23(28)26-9-10-29-21(13-26)22(24)27/h3-8,11-12,21H,9-10,13H2,1-2H3,(H2,24,27)/t21-/m1/s1. The van der Waals surface area contributed by atoms with E-state index in [1.807, 2.05) is 56.3 Å². The summed E-state index contributed by atoms with van der Waals surface area (Å²) in [4.78, 5) is 31.3. The van der Waals surface area contributed by atoms with Gasteiger partial charge < -0.3 is 15.4 Å². The molecule has 2 aromatic carbocycles. The minimum Gasteiger partial charge on any atom is -0.367 e. The lowest BCUT2D eigenvalue weighted by molar-refractivity contribution is -0.133. The first-order valence-corrected chi connectivity index (χ1v) is 9.61. The zero-order valence-electron chi connectivity index (χ0n) is 16.5. The number of hydrogen-bond donors (Lipinski definition) is 1. The normalized spacial score (nSPS) is 16.8. The number of benzene rings is 2. The maximum absolute atomic E-state index is 13.4. The van der Waals surface area contributed by atoms with Crippen LogP contribution >= 0.6 is 0 Å². The molecule has 2 amide bonds. The molecule has 0 saturated carbocycles. The van der Waals surface area contributed by atoms with Crippen molar-refractivity contribution < 1.29 is 14.3 Å². The summed E-state index contributed by atoms with van der Waals surface area (Å²) in [6, 6.07) is 15.6. The first-order valence-electron chi connectivity index (χ1n) is 9.61. The second-order valence-corrected chi connectivity index (χ2v) is 7.40. The van der Waals surface area contributed by atoms with Crippen molar-refractivity contribution in [1.29, 1.82) is 0 Å². The number of primary amides is 1. The molecule has 29 heavy (non-hydrogen) atoms. The number of carbonyl (C=O) groups is 2. The van der Waals surface area contributed by atoms with Gasteiger partial charge in [0.05, 0.1) is 29.9 Å². The van der Waals surface area contributed by atoms with Gasteiger partial charge in [-0.15, -0.1) is 0 Å². The molecule has 2 N–H and O–H groups in total. The van der Waals surface area contributed by atoms with Gasteiger partial charge in [0, 0.05) is 17.5 Å². The Kier molecular flexibility index (Phi) is 5.03. The lowest BCUT2D eigenvalue weighted by Crippen LogP contribution is -2.50. The molecule has 6 nitrogen and oxygen atoms in total. The molecule has 6 heteroatoms. The van der Waals surface area contributed by atoms with Crippen LogP contribution in [0.4, 0.5) is 0 Å². The Morgan fingerprint density at radius 1 is 1.14 bits per heavy atom. The summed E-state index contributed by atoms with van der Waals surface area (Å²) in [6.45, 7) is 4.95. The molecule has 1 saturated heterocycles. The number of aryl methyl sites for hydroxylation is 2. The van der Waals surface area contributed by atoms with Gasteiger partial charge in [-0.2, -0.15) is 0 Å². The van der Waals surface area contributed by atoms with Crippen LogP contribution in [0.25, 0.3) is 22.2 Å². The average Bonchev–Trinajstić information content (AvgIpc) is 2.72. The predicted molar refractivity (Wildman–Crippen MR) is 111 cm³/mol. The van der Waals surface area contributed by atoms with Crippen molar-refractivity contribution in [3.05, 3.63) is 65.2 Å². The van der Waals surface area contributed by atoms with Crippen molar-refractivity contribution in [3.63, 3.8) is 0 Å². The van der Waals surface area contributed by atoms with Gasteiger partial charge in [-0.05, 0) is 31.5 Å². The molecule has 1 aliphatic heterocycles. The Hall–Kier alpha value is -3.25. The molecule has 4 rings (SSSR count). The maximum Gasteiger partial charge on any atom is 0.254 e. The number of fused-ring (bicyclic) bond motifs is 1. The van der Waals surface area contributed by atoms with Crippen LogP contribution in [0.5, 0.6) is 0 Å². The third-order valence-electron chi connectivity index (χ3n) is 5.28. The molecule has 148 valence electrons. The minimum absolute atomic E-state index is 0.149. The number of nitrogens with zero attached hydrogens (tertiary/aromatic N) is 2. The fourth-order valence-corrected chi connectivity index (χ4v) is 3.77. The van der Waals surface area contributed by atoms with Gasteiger partial charge in [0.1, 0.15) is 0 Å². The van der Waals surface area contributed by atoms with Crippen LogP contribution in [-0.4, -0.2) is 47.5 Å². The highest BCUT2D eigenvalue weighted by Gasteiger charge is 2.29. The Balaban J connectivity index is 1.81. The molecular weight excluding hydrogens is 366 g/mol. The lowest BCUT2D eigenvalue weighted by atomic mass is 9.99. The summed E-state index contributed by atoms with van der Waals surface area (Å²) >= 11 is 0. The largest absolute Gasteiger partial charge is 0.367 e. The van der Waals surface area contributed by atoms with Crippen molar-refractivity contribution in [1.82, 2.24) is 9.88 Å². The molecule has 0 spiro atoms. The zero-order valence-corrected chi connectivity index (χ0v) is 16.5. The van der Waals surface area contributed by atoms with E-state index in [2.05, 4.69) is 6.07 Å². The Labute approximate surface area is 169 Å². The van der Waals surface area contributed by atoms with Crippen LogP contribution < -0.4 is 5.73 Å². The second kappa shape index (κ2) is 7.64. The Bertz CT molecular complexity index is 1110. The molecule has 2 heterocycles. The zero-order chi connectivity index (χ0) is 20.5. The predicted octanol–water partition coefficient (Wildman–Crippen LogP) is 2.84. The number of hydrogen-bond acceptors (Lipinski definition) is 4. The Morgan fingerprint density at radius 2 is 1.93 bits per heavy atom. The van der Waals surface area contributed by atoms with Gasteiger partial charge in [0.2, 0.25) is 5.91 Å². The number of morpholine rings is 1. The highest BCUT2D eigenvalue weighted by Crippen LogP contribution is 2.28. The fourth-order valence-electron chi connectivity index (χ4n) is 3.77. The molecule has 1 atom stereocenters. The topological polar surface area (TPSA) is 85.5 Å². The van der Waals surface area contributed by atoms with Crippen molar-refractivity contribution in [2.75, 3.05) is 19.7 Å². The average molecular weight is 389 g/mol. The molecule has 0 unspecified atom stereocenters. The molecule has 0 aliphatic carbocycles. The van der Waals surface area contributed by atoms with Crippen LogP contribution in [0, 0.1) is 13.8 Å². The Morgan fingerprint density at radius 3 is 2.69 bits per heavy atom. The van der Waals surface area contributed by atoms with Crippen LogP contribution in [0.2, 0.25) is 0 Å². The molecular formula is C23H23N3O3. The number of amides is 2. The number of nitrogens with two attached hydrogens (primary N) is 1. The van der Waals surface area contributed by atoms with Gasteiger partial charge in [-0.25, -0.2) is 4.98 Å². The van der Waals surface area contributed by atoms with Crippen LogP contribution in [0.1, 0.15) is 21.5 Å². The summed E-state index contributed by atoms with van der Waals surface area (Å²) < 4.78 is 5.38. The van der Waals surface area contributed by atoms with Gasteiger partial charge in [-0.3, -0.25) is 9.59 Å². The van der Waals surface area contributed by atoms with E-state index in [-0.39, 0.29) is 19.1 Å². The van der Waals surface area contributed by atoms with E-state index in [9.17, 15) is 9.59 Å². The van der Waals surface area contributed by atoms with Crippen molar-refractivity contribution in [2.45, 2.75) is 20.0 Å². The van der Waals surface area contributed by atoms with E-state index in [1.165, 1.54) is 5.56 Å². The van der Waals surface area contributed by atoms with Crippen molar-refractivity contribution >= 4 is 22.7 Å². The number of para-hydroxylation sites is 1. The van der Waals surface area contributed by atoms with E-state index in [0.717, 1.165) is 27.7 Å². The molecule has 1 fully saturated rings. The SMILES string of the molecule is Cc1ccc(-c2cc(C(=O)N3CCO[C@@H](C(N)=O)C3)c3ccccc3n2)c(C)c1. The van der Waals surface area contributed by atoms with E-state index in [0.29, 0.717) is 12.1 Å².